The number of aliphatic hydroxyl groups is 1. The van der Waals surface area contributed by atoms with Gasteiger partial charge in [-0.1, -0.05) is 0 Å². The van der Waals surface area contributed by atoms with Gasteiger partial charge in [-0.15, -0.1) is 5.10 Å². The quantitative estimate of drug-likeness (QED) is 0.505. The van der Waals surface area contributed by atoms with Crippen LogP contribution in [0.4, 0.5) is 29.2 Å². The molecule has 0 radical (unpaired) electrons. The molecule has 4 heterocycles. The monoisotopic (exact) mass is 494 g/mol. The number of halogens is 4. The molecule has 0 amide bonds. The number of piperidine rings is 1. The molecular weight excluding hydrogens is 468 g/mol. The Hall–Kier alpha value is -3.15. The topological polar surface area (TPSA) is 87.8 Å². The van der Waals surface area contributed by atoms with E-state index in [1.165, 1.54) is 22.8 Å². The minimum Gasteiger partial charge on any atom is -0.480 e. The van der Waals surface area contributed by atoms with Gasteiger partial charge >= 0.3 is 6.18 Å². The van der Waals surface area contributed by atoms with E-state index in [-0.39, 0.29) is 41.0 Å². The average Bonchev–Trinajstić information content (AvgIpc) is 3.28. The van der Waals surface area contributed by atoms with E-state index >= 15 is 0 Å². The fraction of sp³-hybridized carbons (Fsp3) is 0.522. The molecule has 2 aliphatic rings. The summed E-state index contributed by atoms with van der Waals surface area (Å²) in [7, 11) is 0. The van der Waals surface area contributed by atoms with Gasteiger partial charge in [0.25, 0.3) is 0 Å². The molecule has 188 valence electrons. The van der Waals surface area contributed by atoms with E-state index in [0.29, 0.717) is 24.5 Å². The number of nitrogens with zero attached hydrogens (tertiary/aromatic N) is 5. The predicted molar refractivity (Wildman–Crippen MR) is 120 cm³/mol. The fourth-order valence-corrected chi connectivity index (χ4v) is 5.16. The molecule has 0 spiro atoms. The Kier molecular flexibility index (Phi) is 5.73. The summed E-state index contributed by atoms with van der Waals surface area (Å²) >= 11 is 0. The minimum absolute atomic E-state index is 0.0266. The fourth-order valence-electron chi connectivity index (χ4n) is 5.16. The summed E-state index contributed by atoms with van der Waals surface area (Å²) in [5, 5.41) is 18.4. The Morgan fingerprint density at radius 3 is 2.49 bits per heavy atom. The van der Waals surface area contributed by atoms with Gasteiger partial charge in [-0.2, -0.15) is 18.2 Å². The second-order valence-electron chi connectivity index (χ2n) is 9.72. The smallest absolute Gasteiger partial charge is 0.422 e. The maximum Gasteiger partial charge on any atom is 0.422 e. The number of anilines is 2. The first kappa shape index (κ1) is 23.6. The van der Waals surface area contributed by atoms with Crippen molar-refractivity contribution in [3.8, 4) is 5.75 Å². The minimum atomic E-state index is -4.51. The lowest BCUT2D eigenvalue weighted by Gasteiger charge is -2.39. The van der Waals surface area contributed by atoms with Crippen LogP contribution in [0.15, 0.2) is 30.6 Å². The van der Waals surface area contributed by atoms with Crippen molar-refractivity contribution in [2.45, 2.75) is 44.5 Å². The maximum atomic E-state index is 14.3. The summed E-state index contributed by atoms with van der Waals surface area (Å²) in [5.41, 5.74) is -0.342. The van der Waals surface area contributed by atoms with Gasteiger partial charge in [0.1, 0.15) is 5.60 Å². The highest BCUT2D eigenvalue weighted by atomic mass is 19.4. The molecule has 2 bridgehead atoms. The highest BCUT2D eigenvalue weighted by Gasteiger charge is 2.43. The van der Waals surface area contributed by atoms with Crippen LogP contribution >= 0.6 is 0 Å². The van der Waals surface area contributed by atoms with Crippen LogP contribution in [0.1, 0.15) is 32.4 Å². The van der Waals surface area contributed by atoms with E-state index in [2.05, 4.69) is 20.4 Å². The van der Waals surface area contributed by atoms with Crippen molar-refractivity contribution in [2.75, 3.05) is 29.9 Å². The van der Waals surface area contributed by atoms with E-state index in [4.69, 9.17) is 4.74 Å². The molecule has 0 unspecified atom stereocenters. The highest BCUT2D eigenvalue weighted by Crippen LogP contribution is 2.40. The van der Waals surface area contributed by atoms with Crippen LogP contribution in [-0.2, 0) is 5.60 Å². The van der Waals surface area contributed by atoms with E-state index in [1.807, 2.05) is 4.90 Å². The van der Waals surface area contributed by atoms with Gasteiger partial charge in [-0.3, -0.25) is 4.98 Å². The first-order valence-electron chi connectivity index (χ1n) is 11.4. The van der Waals surface area contributed by atoms with E-state index in [9.17, 15) is 22.7 Å². The van der Waals surface area contributed by atoms with Crippen molar-refractivity contribution >= 4 is 17.3 Å². The number of alkyl halides is 3. The lowest BCUT2D eigenvalue weighted by atomic mass is 9.92. The SMILES string of the molecule is CC(C)(O)c1ccc(OCC(F)(F)F)c2nc(N[C@@H]3[C@@H]4CC[C@H]3CN(c3ccncc3F)C4)nn12. The molecule has 8 nitrogen and oxygen atoms in total. The molecule has 2 N–H and O–H groups in total. The average molecular weight is 494 g/mol. The largest absolute Gasteiger partial charge is 0.480 e. The van der Waals surface area contributed by atoms with Gasteiger partial charge < -0.3 is 20.1 Å². The number of nitrogens with one attached hydrogen (secondary N) is 1. The zero-order valence-corrected chi connectivity index (χ0v) is 19.3. The summed E-state index contributed by atoms with van der Waals surface area (Å²) < 4.78 is 58.8. The first-order valence-corrected chi connectivity index (χ1v) is 11.4. The number of hydrogen-bond donors (Lipinski definition) is 2. The summed E-state index contributed by atoms with van der Waals surface area (Å²) in [6.45, 7) is 2.95. The molecule has 5 rings (SSSR count). The van der Waals surface area contributed by atoms with E-state index in [1.54, 1.807) is 26.1 Å². The van der Waals surface area contributed by atoms with Gasteiger partial charge in [0.15, 0.2) is 23.8 Å². The zero-order chi connectivity index (χ0) is 25.0. The maximum absolute atomic E-state index is 14.3. The molecule has 12 heteroatoms. The molecule has 1 aliphatic heterocycles. The lowest BCUT2D eigenvalue weighted by Crippen LogP contribution is -2.48. The normalized spacial score (nSPS) is 22.6. The van der Waals surface area contributed by atoms with Gasteiger partial charge in [-0.25, -0.2) is 8.91 Å². The number of fused-ring (bicyclic) bond motifs is 3. The number of pyridine rings is 2. The number of hydrogen-bond acceptors (Lipinski definition) is 7. The van der Waals surface area contributed by atoms with Crippen molar-refractivity contribution in [1.29, 1.82) is 0 Å². The molecule has 1 saturated carbocycles. The summed E-state index contributed by atoms with van der Waals surface area (Å²) in [6, 6.07) is 4.53. The third kappa shape index (κ3) is 4.71. The van der Waals surface area contributed by atoms with Crippen molar-refractivity contribution in [1.82, 2.24) is 19.6 Å². The van der Waals surface area contributed by atoms with Crippen LogP contribution < -0.4 is 15.0 Å². The molecule has 1 aliphatic carbocycles. The molecule has 3 atom stereocenters. The lowest BCUT2D eigenvalue weighted by molar-refractivity contribution is -0.153. The highest BCUT2D eigenvalue weighted by molar-refractivity contribution is 5.58. The van der Waals surface area contributed by atoms with E-state index in [0.717, 1.165) is 12.8 Å². The van der Waals surface area contributed by atoms with Gasteiger partial charge in [-0.05, 0) is 56.7 Å². The summed E-state index contributed by atoms with van der Waals surface area (Å²) in [5.74, 6) is 0.224. The molecule has 35 heavy (non-hydrogen) atoms. The number of aromatic nitrogens is 4. The number of rotatable bonds is 6. The van der Waals surface area contributed by atoms with Gasteiger partial charge in [0.05, 0.1) is 17.6 Å². The van der Waals surface area contributed by atoms with Crippen molar-refractivity contribution in [3.05, 3.63) is 42.1 Å². The first-order chi connectivity index (χ1) is 16.5. The zero-order valence-electron chi connectivity index (χ0n) is 19.3. The molecule has 0 aromatic carbocycles. The number of ether oxygens (including phenoxy) is 1. The Labute approximate surface area is 198 Å². The summed E-state index contributed by atoms with van der Waals surface area (Å²) in [6.07, 6.45) is 0.181. The van der Waals surface area contributed by atoms with Gasteiger partial charge in [0.2, 0.25) is 5.95 Å². The molecule has 2 fully saturated rings. The molecular formula is C23H26F4N6O2. The van der Waals surface area contributed by atoms with Crippen molar-refractivity contribution < 1.29 is 27.4 Å². The Morgan fingerprint density at radius 1 is 1.14 bits per heavy atom. The Bertz CT molecular complexity index is 1210. The molecule has 3 aromatic rings. The predicted octanol–water partition coefficient (Wildman–Crippen LogP) is 3.76. The Morgan fingerprint density at radius 2 is 1.86 bits per heavy atom. The second kappa shape index (κ2) is 8.51. The van der Waals surface area contributed by atoms with Crippen LogP contribution in [0.2, 0.25) is 0 Å². The van der Waals surface area contributed by atoms with Crippen molar-refractivity contribution in [2.24, 2.45) is 11.8 Å². The molecule has 1 saturated heterocycles. The third-order valence-corrected chi connectivity index (χ3v) is 6.69. The van der Waals surface area contributed by atoms with Crippen LogP contribution in [0.25, 0.3) is 5.65 Å². The van der Waals surface area contributed by atoms with E-state index < -0.39 is 18.4 Å². The standard InChI is InChI=1S/C23H26F4N6O2/c1-22(2,34)18-6-5-17(35-12-23(25,26)27)20-30-21(31-33(18)20)29-19-13-3-4-14(19)11-32(10-13)16-7-8-28-9-15(16)24/h5-9,13-14,19,34H,3-4,10-12H2,1-2H3,(H,29,31)/t13-,14+,19-. The second-order valence-corrected chi connectivity index (χ2v) is 9.72. The van der Waals surface area contributed by atoms with Crippen molar-refractivity contribution in [3.63, 3.8) is 0 Å². The van der Waals surface area contributed by atoms with Gasteiger partial charge in [0, 0.05) is 25.3 Å². The van der Waals surface area contributed by atoms with Crippen LogP contribution in [0.3, 0.4) is 0 Å². The van der Waals surface area contributed by atoms with Crippen LogP contribution in [0.5, 0.6) is 5.75 Å². The Balaban J connectivity index is 1.41. The van der Waals surface area contributed by atoms with Crippen LogP contribution in [-0.4, -0.2) is 56.6 Å². The summed E-state index contributed by atoms with van der Waals surface area (Å²) in [4.78, 5) is 10.3. The third-order valence-electron chi connectivity index (χ3n) is 6.69. The van der Waals surface area contributed by atoms with Crippen LogP contribution in [0, 0.1) is 17.7 Å². The molecule has 3 aromatic heterocycles.